The molecule has 0 N–H and O–H groups in total. The number of nitrogens with zero attached hydrogens (tertiary/aromatic N) is 2. The predicted molar refractivity (Wildman–Crippen MR) is 70.3 cm³/mol. The van der Waals surface area contributed by atoms with Gasteiger partial charge in [-0.2, -0.15) is 13.2 Å². The maximum atomic E-state index is 13.4. The minimum atomic E-state index is -4.56. The van der Waals surface area contributed by atoms with Gasteiger partial charge in [0, 0.05) is 29.1 Å². The Balaban J connectivity index is 1.93. The highest BCUT2D eigenvalue weighted by Crippen LogP contribution is 2.46. The fourth-order valence-electron chi connectivity index (χ4n) is 2.80. The van der Waals surface area contributed by atoms with Crippen molar-refractivity contribution in [1.29, 1.82) is 0 Å². The van der Waals surface area contributed by atoms with Crippen LogP contribution in [0.5, 0.6) is 0 Å². The molecule has 1 aromatic heterocycles. The fraction of sp³-hybridized carbons (Fsp3) is 0.538. The van der Waals surface area contributed by atoms with Gasteiger partial charge in [0.15, 0.2) is 6.04 Å². The van der Waals surface area contributed by atoms with Crippen molar-refractivity contribution < 1.29 is 22.7 Å². The number of hydrogen-bond donors (Lipinski definition) is 0. The Morgan fingerprint density at radius 3 is 2.52 bits per heavy atom. The van der Waals surface area contributed by atoms with Crippen LogP contribution >= 0.6 is 15.9 Å². The number of ether oxygens (including phenoxy) is 1. The van der Waals surface area contributed by atoms with Gasteiger partial charge >= 0.3 is 6.18 Å². The number of aromatic nitrogens is 1. The fourth-order valence-corrected chi connectivity index (χ4v) is 3.03. The Kier molecular flexibility index (Phi) is 3.48. The summed E-state index contributed by atoms with van der Waals surface area (Å²) in [6.07, 6.45) is -3.15. The highest BCUT2D eigenvalue weighted by molar-refractivity contribution is 9.10. The number of carbonyl (C=O) groups is 1. The van der Waals surface area contributed by atoms with E-state index >= 15 is 0 Å². The van der Waals surface area contributed by atoms with Gasteiger partial charge in [0.05, 0.1) is 18.9 Å². The number of rotatable bonds is 2. The monoisotopic (exact) mass is 364 g/mol. The van der Waals surface area contributed by atoms with E-state index in [4.69, 9.17) is 4.74 Å². The van der Waals surface area contributed by atoms with Crippen LogP contribution in [0.15, 0.2) is 22.8 Å². The lowest BCUT2D eigenvalue weighted by Crippen LogP contribution is -2.46. The van der Waals surface area contributed by atoms with E-state index in [1.165, 1.54) is 18.3 Å². The van der Waals surface area contributed by atoms with E-state index in [-0.39, 0.29) is 18.7 Å². The molecular weight excluding hydrogens is 353 g/mol. The number of halogens is 4. The normalized spacial score (nSPS) is 22.5. The molecule has 2 saturated heterocycles. The Morgan fingerprint density at radius 1 is 1.38 bits per heavy atom. The van der Waals surface area contributed by atoms with Crippen molar-refractivity contribution in [2.24, 2.45) is 5.41 Å². The number of hydrogen-bond acceptors (Lipinski definition) is 3. The molecule has 3 heterocycles. The molecule has 2 aliphatic heterocycles. The number of alkyl halides is 3. The zero-order valence-corrected chi connectivity index (χ0v) is 12.4. The highest BCUT2D eigenvalue weighted by Gasteiger charge is 2.56. The molecule has 114 valence electrons. The summed E-state index contributed by atoms with van der Waals surface area (Å²) >= 11 is 3.14. The third-order valence-electron chi connectivity index (χ3n) is 3.82. The molecule has 3 rings (SSSR count). The third kappa shape index (κ3) is 2.66. The summed E-state index contributed by atoms with van der Waals surface area (Å²) in [5.41, 5.74) is -0.619. The van der Waals surface area contributed by atoms with Crippen LogP contribution < -0.4 is 0 Å². The smallest absolute Gasteiger partial charge is 0.380 e. The first-order valence-electron chi connectivity index (χ1n) is 6.36. The van der Waals surface area contributed by atoms with Crippen LogP contribution in [-0.4, -0.2) is 41.7 Å². The quantitative estimate of drug-likeness (QED) is 0.810. The molecule has 1 spiro atoms. The number of likely N-dealkylation sites (tertiary alicyclic amines) is 1. The predicted octanol–water partition coefficient (Wildman–Crippen LogP) is 2.70. The van der Waals surface area contributed by atoms with Crippen LogP contribution in [0.2, 0.25) is 0 Å². The van der Waals surface area contributed by atoms with E-state index in [2.05, 4.69) is 20.9 Å². The van der Waals surface area contributed by atoms with Crippen LogP contribution in [0.4, 0.5) is 13.2 Å². The minimum Gasteiger partial charge on any atom is -0.380 e. The molecule has 2 aliphatic rings. The standard InChI is InChI=1S/C13H12BrF3N2O2/c14-8-1-2-9(18-4-8)11(13(15,16)17)19-5-12(3-10(19)20)6-21-7-12/h1-2,4,11H,3,5-7H2. The zero-order chi connectivity index (χ0) is 15.3. The van der Waals surface area contributed by atoms with Crippen LogP contribution in [0.1, 0.15) is 18.2 Å². The van der Waals surface area contributed by atoms with Gasteiger partial charge in [-0.25, -0.2) is 0 Å². The van der Waals surface area contributed by atoms with E-state index in [0.29, 0.717) is 17.7 Å². The van der Waals surface area contributed by atoms with Crippen molar-refractivity contribution in [1.82, 2.24) is 9.88 Å². The summed E-state index contributed by atoms with van der Waals surface area (Å²) < 4.78 is 45.9. The van der Waals surface area contributed by atoms with Crippen molar-refractivity contribution >= 4 is 21.8 Å². The molecule has 8 heteroatoms. The van der Waals surface area contributed by atoms with Gasteiger partial charge in [-0.05, 0) is 28.1 Å². The molecule has 0 aromatic carbocycles. The molecule has 0 bridgehead atoms. The highest BCUT2D eigenvalue weighted by atomic mass is 79.9. The number of carbonyl (C=O) groups excluding carboxylic acids is 1. The Bertz CT molecular complexity index is 558. The zero-order valence-electron chi connectivity index (χ0n) is 10.9. The first kappa shape index (κ1) is 14.8. The average molecular weight is 365 g/mol. The molecule has 1 aromatic rings. The molecular formula is C13H12BrF3N2O2. The second kappa shape index (κ2) is 4.95. The molecule has 21 heavy (non-hydrogen) atoms. The van der Waals surface area contributed by atoms with Gasteiger partial charge in [-0.1, -0.05) is 0 Å². The first-order valence-corrected chi connectivity index (χ1v) is 7.15. The van der Waals surface area contributed by atoms with E-state index in [9.17, 15) is 18.0 Å². The van der Waals surface area contributed by atoms with Gasteiger partial charge in [0.1, 0.15) is 0 Å². The maximum Gasteiger partial charge on any atom is 0.414 e. The molecule has 4 nitrogen and oxygen atoms in total. The van der Waals surface area contributed by atoms with Crippen molar-refractivity contribution in [3.05, 3.63) is 28.5 Å². The van der Waals surface area contributed by atoms with Crippen molar-refractivity contribution in [3.63, 3.8) is 0 Å². The lowest BCUT2D eigenvalue weighted by Gasteiger charge is -2.38. The second-order valence-corrected chi connectivity index (χ2v) is 6.45. The minimum absolute atomic E-state index is 0.0632. The average Bonchev–Trinajstić information content (AvgIpc) is 2.69. The van der Waals surface area contributed by atoms with Crippen molar-refractivity contribution in [2.45, 2.75) is 18.6 Å². The second-order valence-electron chi connectivity index (χ2n) is 5.54. The van der Waals surface area contributed by atoms with Gasteiger partial charge in [-0.15, -0.1) is 0 Å². The lowest BCUT2D eigenvalue weighted by molar-refractivity contribution is -0.193. The summed E-state index contributed by atoms with van der Waals surface area (Å²) in [5.74, 6) is -0.495. The Hall–Kier alpha value is -1.15. The van der Waals surface area contributed by atoms with Crippen LogP contribution in [0.3, 0.4) is 0 Å². The third-order valence-corrected chi connectivity index (χ3v) is 4.29. The van der Waals surface area contributed by atoms with E-state index in [0.717, 1.165) is 4.90 Å². The van der Waals surface area contributed by atoms with Crippen molar-refractivity contribution in [2.75, 3.05) is 19.8 Å². The largest absolute Gasteiger partial charge is 0.414 e. The SMILES string of the molecule is O=C1CC2(COC2)CN1C(c1ccc(Br)cn1)C(F)(F)F. The lowest BCUT2D eigenvalue weighted by atomic mass is 9.85. The molecule has 2 fully saturated rings. The summed E-state index contributed by atoms with van der Waals surface area (Å²) in [6, 6.07) is 0.778. The van der Waals surface area contributed by atoms with Gasteiger partial charge in [-0.3, -0.25) is 9.78 Å². The molecule has 0 radical (unpaired) electrons. The van der Waals surface area contributed by atoms with Crippen LogP contribution in [0, 0.1) is 5.41 Å². The molecule has 1 amide bonds. The summed E-state index contributed by atoms with van der Waals surface area (Å²) in [6.45, 7) is 0.745. The van der Waals surface area contributed by atoms with Gasteiger partial charge in [0.25, 0.3) is 0 Å². The first-order chi connectivity index (χ1) is 9.81. The molecule has 1 unspecified atom stereocenters. The summed E-state index contributed by atoms with van der Waals surface area (Å²) in [7, 11) is 0. The van der Waals surface area contributed by atoms with Crippen LogP contribution in [0.25, 0.3) is 0 Å². The van der Waals surface area contributed by atoms with Crippen molar-refractivity contribution in [3.8, 4) is 0 Å². The van der Waals surface area contributed by atoms with Gasteiger partial charge in [0.2, 0.25) is 5.91 Å². The number of amides is 1. The molecule has 0 aliphatic carbocycles. The van der Waals surface area contributed by atoms with E-state index in [1.807, 2.05) is 0 Å². The van der Waals surface area contributed by atoms with Crippen LogP contribution in [-0.2, 0) is 9.53 Å². The molecule has 0 saturated carbocycles. The Labute approximate surface area is 127 Å². The summed E-state index contributed by atoms with van der Waals surface area (Å²) in [5, 5.41) is 0. The van der Waals surface area contributed by atoms with E-state index < -0.39 is 23.5 Å². The number of pyridine rings is 1. The van der Waals surface area contributed by atoms with E-state index in [1.54, 1.807) is 0 Å². The summed E-state index contributed by atoms with van der Waals surface area (Å²) in [4.78, 5) is 16.8. The topological polar surface area (TPSA) is 42.4 Å². The Morgan fingerprint density at radius 2 is 2.10 bits per heavy atom. The maximum absolute atomic E-state index is 13.4. The molecule has 1 atom stereocenters. The van der Waals surface area contributed by atoms with Gasteiger partial charge < -0.3 is 9.64 Å².